The van der Waals surface area contributed by atoms with Crippen LogP contribution in [-0.2, 0) is 16.0 Å². The summed E-state index contributed by atoms with van der Waals surface area (Å²) < 4.78 is 10.0. The van der Waals surface area contributed by atoms with Crippen molar-refractivity contribution in [3.63, 3.8) is 0 Å². The van der Waals surface area contributed by atoms with Gasteiger partial charge in [0.05, 0.1) is 6.61 Å². The molecule has 0 spiro atoms. The lowest BCUT2D eigenvalue weighted by Crippen LogP contribution is -2.16. The van der Waals surface area contributed by atoms with Crippen LogP contribution in [0.5, 0.6) is 0 Å². The SMILES string of the molecule is CCOC(=O)C(=O)c1ccc(Cc2ccc(C)cc2Cl)o1. The lowest BCUT2D eigenvalue weighted by Gasteiger charge is -2.03. The lowest BCUT2D eigenvalue weighted by atomic mass is 10.1. The highest BCUT2D eigenvalue weighted by Gasteiger charge is 2.21. The molecule has 1 heterocycles. The molecule has 0 aliphatic rings. The minimum absolute atomic E-state index is 0.0216. The summed E-state index contributed by atoms with van der Waals surface area (Å²) in [7, 11) is 0. The van der Waals surface area contributed by atoms with Crippen LogP contribution in [0.3, 0.4) is 0 Å². The fourth-order valence-electron chi connectivity index (χ4n) is 1.88. The molecule has 2 rings (SSSR count). The molecule has 4 nitrogen and oxygen atoms in total. The number of hydrogen-bond donors (Lipinski definition) is 0. The fraction of sp³-hybridized carbons (Fsp3) is 0.250. The van der Waals surface area contributed by atoms with Crippen molar-refractivity contribution in [1.29, 1.82) is 0 Å². The van der Waals surface area contributed by atoms with E-state index in [2.05, 4.69) is 4.74 Å². The maximum absolute atomic E-state index is 11.7. The lowest BCUT2D eigenvalue weighted by molar-refractivity contribution is -0.137. The summed E-state index contributed by atoms with van der Waals surface area (Å²) in [6.07, 6.45) is 0.454. The third-order valence-corrected chi connectivity index (χ3v) is 3.27. The molecule has 0 unspecified atom stereocenters. The van der Waals surface area contributed by atoms with Crippen molar-refractivity contribution in [2.24, 2.45) is 0 Å². The summed E-state index contributed by atoms with van der Waals surface area (Å²) in [5.74, 6) is -1.15. The molecular formula is C16H15ClO4. The molecule has 0 N–H and O–H groups in total. The van der Waals surface area contributed by atoms with Crippen LogP contribution in [0.1, 0.15) is 34.4 Å². The molecule has 21 heavy (non-hydrogen) atoms. The zero-order valence-electron chi connectivity index (χ0n) is 11.8. The van der Waals surface area contributed by atoms with E-state index in [9.17, 15) is 9.59 Å². The molecule has 0 fully saturated rings. The first-order valence-corrected chi connectivity index (χ1v) is 6.94. The van der Waals surface area contributed by atoms with Gasteiger partial charge in [-0.15, -0.1) is 0 Å². The summed E-state index contributed by atoms with van der Waals surface area (Å²) in [6.45, 7) is 3.74. The minimum Gasteiger partial charge on any atom is -0.460 e. The van der Waals surface area contributed by atoms with Crippen LogP contribution in [0.15, 0.2) is 34.7 Å². The van der Waals surface area contributed by atoms with Crippen LogP contribution >= 0.6 is 11.6 Å². The van der Waals surface area contributed by atoms with Crippen LogP contribution in [-0.4, -0.2) is 18.4 Å². The zero-order chi connectivity index (χ0) is 15.4. The minimum atomic E-state index is -0.910. The number of benzene rings is 1. The van der Waals surface area contributed by atoms with Crippen LogP contribution in [0, 0.1) is 6.92 Å². The monoisotopic (exact) mass is 306 g/mol. The number of furan rings is 1. The van der Waals surface area contributed by atoms with Crippen molar-refractivity contribution in [3.05, 3.63) is 58.0 Å². The van der Waals surface area contributed by atoms with Gasteiger partial charge in [0.15, 0.2) is 5.76 Å². The Morgan fingerprint density at radius 3 is 2.67 bits per heavy atom. The summed E-state index contributed by atoms with van der Waals surface area (Å²) in [5, 5.41) is 0.643. The van der Waals surface area contributed by atoms with Gasteiger partial charge >= 0.3 is 11.8 Å². The number of carbonyl (C=O) groups is 2. The van der Waals surface area contributed by atoms with Crippen LogP contribution < -0.4 is 0 Å². The Morgan fingerprint density at radius 2 is 2.00 bits per heavy atom. The van der Waals surface area contributed by atoms with Gasteiger partial charge in [-0.3, -0.25) is 4.79 Å². The Labute approximate surface area is 127 Å². The topological polar surface area (TPSA) is 56.5 Å². The van der Waals surface area contributed by atoms with E-state index in [-0.39, 0.29) is 12.4 Å². The van der Waals surface area contributed by atoms with E-state index in [0.717, 1.165) is 11.1 Å². The van der Waals surface area contributed by atoms with E-state index in [0.29, 0.717) is 17.2 Å². The van der Waals surface area contributed by atoms with Gasteiger partial charge < -0.3 is 9.15 Å². The van der Waals surface area contributed by atoms with Gasteiger partial charge in [-0.25, -0.2) is 4.79 Å². The number of hydrogen-bond acceptors (Lipinski definition) is 4. The summed E-state index contributed by atoms with van der Waals surface area (Å²) >= 11 is 6.16. The predicted octanol–water partition coefficient (Wildman–Crippen LogP) is 3.58. The molecule has 0 atom stereocenters. The molecule has 0 amide bonds. The van der Waals surface area contributed by atoms with Crippen molar-refractivity contribution in [3.8, 4) is 0 Å². The van der Waals surface area contributed by atoms with Gasteiger partial charge in [-0.1, -0.05) is 23.7 Å². The van der Waals surface area contributed by atoms with Gasteiger partial charge in [-0.2, -0.15) is 0 Å². The summed E-state index contributed by atoms with van der Waals surface area (Å²) in [4.78, 5) is 23.1. The molecule has 1 aromatic carbocycles. The molecule has 0 radical (unpaired) electrons. The quantitative estimate of drug-likeness (QED) is 0.481. The third kappa shape index (κ3) is 3.73. The molecule has 0 saturated carbocycles. The number of esters is 1. The molecular weight excluding hydrogens is 292 g/mol. The third-order valence-electron chi connectivity index (χ3n) is 2.92. The molecule has 110 valence electrons. The smallest absolute Gasteiger partial charge is 0.383 e. The number of ether oxygens (including phenoxy) is 1. The summed E-state index contributed by atoms with van der Waals surface area (Å²) in [5.41, 5.74) is 1.97. The number of aryl methyl sites for hydroxylation is 1. The Bertz CT molecular complexity index is 673. The van der Waals surface area contributed by atoms with Crippen molar-refractivity contribution in [2.45, 2.75) is 20.3 Å². The standard InChI is InChI=1S/C16H15ClO4/c1-3-20-16(19)15(18)14-7-6-12(21-14)9-11-5-4-10(2)8-13(11)17/h4-8H,3,9H2,1-2H3. The maximum Gasteiger partial charge on any atom is 0.383 e. The highest BCUT2D eigenvalue weighted by atomic mass is 35.5. The van der Waals surface area contributed by atoms with E-state index in [1.807, 2.05) is 25.1 Å². The van der Waals surface area contributed by atoms with Gasteiger partial charge in [0.25, 0.3) is 0 Å². The highest BCUT2D eigenvalue weighted by Crippen LogP contribution is 2.22. The van der Waals surface area contributed by atoms with E-state index < -0.39 is 11.8 Å². The largest absolute Gasteiger partial charge is 0.460 e. The van der Waals surface area contributed by atoms with Gasteiger partial charge in [0.2, 0.25) is 0 Å². The number of carbonyl (C=O) groups excluding carboxylic acids is 2. The average molecular weight is 307 g/mol. The molecule has 2 aromatic rings. The fourth-order valence-corrected chi connectivity index (χ4v) is 2.18. The number of Topliss-reactive ketones (excluding diaryl/α,β-unsaturated/α-hetero) is 1. The van der Waals surface area contributed by atoms with Crippen LogP contribution in [0.25, 0.3) is 0 Å². The first-order valence-electron chi connectivity index (χ1n) is 6.56. The Kier molecular flexibility index (Phi) is 4.81. The molecule has 0 aliphatic heterocycles. The molecule has 0 bridgehead atoms. The second kappa shape index (κ2) is 6.59. The van der Waals surface area contributed by atoms with Crippen molar-refractivity contribution in [2.75, 3.05) is 6.61 Å². The first kappa shape index (κ1) is 15.3. The Balaban J connectivity index is 2.13. The molecule has 0 saturated heterocycles. The zero-order valence-corrected chi connectivity index (χ0v) is 12.6. The van der Waals surface area contributed by atoms with Crippen molar-refractivity contribution in [1.82, 2.24) is 0 Å². The predicted molar refractivity (Wildman–Crippen MR) is 78.7 cm³/mol. The average Bonchev–Trinajstić information content (AvgIpc) is 2.90. The normalized spacial score (nSPS) is 10.4. The number of rotatable bonds is 5. The van der Waals surface area contributed by atoms with E-state index in [1.165, 1.54) is 6.07 Å². The Morgan fingerprint density at radius 1 is 1.24 bits per heavy atom. The van der Waals surface area contributed by atoms with E-state index >= 15 is 0 Å². The second-order valence-electron chi connectivity index (χ2n) is 4.59. The van der Waals surface area contributed by atoms with Crippen molar-refractivity contribution < 1.29 is 18.7 Å². The molecule has 0 aliphatic carbocycles. The van der Waals surface area contributed by atoms with E-state index in [4.69, 9.17) is 16.0 Å². The van der Waals surface area contributed by atoms with Gasteiger partial charge in [0.1, 0.15) is 5.76 Å². The van der Waals surface area contributed by atoms with E-state index in [1.54, 1.807) is 13.0 Å². The number of ketones is 1. The summed E-state index contributed by atoms with van der Waals surface area (Å²) in [6, 6.07) is 8.85. The first-order chi connectivity index (χ1) is 10.0. The van der Waals surface area contributed by atoms with Crippen molar-refractivity contribution >= 4 is 23.4 Å². The second-order valence-corrected chi connectivity index (χ2v) is 4.99. The number of halogens is 1. The van der Waals surface area contributed by atoms with Crippen LogP contribution in [0.2, 0.25) is 5.02 Å². The Hall–Kier alpha value is -2.07. The highest BCUT2D eigenvalue weighted by molar-refractivity contribution is 6.39. The van der Waals surface area contributed by atoms with Gasteiger partial charge in [0, 0.05) is 11.4 Å². The van der Waals surface area contributed by atoms with Gasteiger partial charge in [-0.05, 0) is 43.2 Å². The molecule has 1 aromatic heterocycles. The maximum atomic E-state index is 11.7. The molecule has 5 heteroatoms. The van der Waals surface area contributed by atoms with Crippen LogP contribution in [0.4, 0.5) is 0 Å².